The van der Waals surface area contributed by atoms with Crippen LogP contribution < -0.4 is 0 Å². The van der Waals surface area contributed by atoms with Crippen molar-refractivity contribution in [3.63, 3.8) is 0 Å². The quantitative estimate of drug-likeness (QED) is 0.511. The number of phenols is 1. The van der Waals surface area contributed by atoms with E-state index in [0.717, 1.165) is 10.7 Å². The van der Waals surface area contributed by atoms with Gasteiger partial charge in [0.15, 0.2) is 0 Å². The van der Waals surface area contributed by atoms with E-state index in [1.165, 1.54) is 30.1 Å². The van der Waals surface area contributed by atoms with E-state index >= 15 is 0 Å². The van der Waals surface area contributed by atoms with Crippen LogP contribution in [0.25, 0.3) is 0 Å². The van der Waals surface area contributed by atoms with Gasteiger partial charge in [-0.05, 0) is 19.1 Å². The van der Waals surface area contributed by atoms with Gasteiger partial charge in [0, 0.05) is 11.9 Å². The molecular weight excluding hydrogens is 321 g/mol. The van der Waals surface area contributed by atoms with Crippen molar-refractivity contribution in [1.29, 1.82) is 0 Å². The molecule has 2 rings (SSSR count). The maximum atomic E-state index is 9.66. The van der Waals surface area contributed by atoms with E-state index in [-0.39, 0.29) is 10.8 Å². The van der Waals surface area contributed by atoms with Crippen LogP contribution in [0.5, 0.6) is 5.75 Å². The minimum Gasteiger partial charge on any atom is -0.506 e. The summed E-state index contributed by atoms with van der Waals surface area (Å²) < 4.78 is 1.65. The van der Waals surface area contributed by atoms with E-state index in [0.29, 0.717) is 15.5 Å². The van der Waals surface area contributed by atoms with Gasteiger partial charge in [0.05, 0.1) is 27.5 Å². The summed E-state index contributed by atoms with van der Waals surface area (Å²) in [6, 6.07) is 2.96. The molecule has 2 aromatic rings. The van der Waals surface area contributed by atoms with Gasteiger partial charge in [0.1, 0.15) is 10.8 Å². The lowest BCUT2D eigenvalue weighted by Gasteiger charge is -2.07. The summed E-state index contributed by atoms with van der Waals surface area (Å²) in [6.45, 7) is 1.81. The lowest BCUT2D eigenvalue weighted by Crippen LogP contribution is -1.93. The molecular formula is C12H11Cl2N3O2S. The van der Waals surface area contributed by atoms with Gasteiger partial charge in [-0.3, -0.25) is 4.68 Å². The van der Waals surface area contributed by atoms with Crippen molar-refractivity contribution in [3.05, 3.63) is 33.4 Å². The van der Waals surface area contributed by atoms with E-state index in [9.17, 15) is 5.11 Å². The van der Waals surface area contributed by atoms with Crippen molar-refractivity contribution < 1.29 is 10.3 Å². The average Bonchev–Trinajstić information content (AvgIpc) is 2.63. The van der Waals surface area contributed by atoms with Crippen LogP contribution in [0.1, 0.15) is 11.3 Å². The monoisotopic (exact) mass is 331 g/mol. The van der Waals surface area contributed by atoms with Crippen molar-refractivity contribution >= 4 is 41.2 Å². The van der Waals surface area contributed by atoms with Crippen LogP contribution in [-0.2, 0) is 7.05 Å². The number of aryl methyl sites for hydroxylation is 2. The number of hydrogen-bond acceptors (Lipinski definition) is 5. The molecule has 1 aromatic carbocycles. The summed E-state index contributed by atoms with van der Waals surface area (Å²) in [6.07, 6.45) is 1.31. The Labute approximate surface area is 129 Å². The number of oxime groups is 1. The van der Waals surface area contributed by atoms with E-state index < -0.39 is 0 Å². The molecule has 0 radical (unpaired) electrons. The molecule has 0 saturated heterocycles. The molecule has 0 fully saturated rings. The van der Waals surface area contributed by atoms with Crippen molar-refractivity contribution in [1.82, 2.24) is 9.78 Å². The molecule has 0 aliphatic carbocycles. The third-order valence-corrected chi connectivity index (χ3v) is 4.57. The topological polar surface area (TPSA) is 70.6 Å². The van der Waals surface area contributed by atoms with Gasteiger partial charge in [0.2, 0.25) is 0 Å². The van der Waals surface area contributed by atoms with Gasteiger partial charge in [0.25, 0.3) is 0 Å². The summed E-state index contributed by atoms with van der Waals surface area (Å²) in [7, 11) is 1.77. The fourth-order valence-corrected chi connectivity index (χ4v) is 3.20. The molecule has 0 aliphatic rings. The number of hydrogen-bond donors (Lipinski definition) is 2. The highest BCUT2D eigenvalue weighted by Gasteiger charge is 2.16. The first-order chi connectivity index (χ1) is 9.43. The highest BCUT2D eigenvalue weighted by atomic mass is 35.5. The number of nitrogens with zero attached hydrogens (tertiary/aromatic N) is 3. The average molecular weight is 332 g/mol. The minimum absolute atomic E-state index is 0.0465. The predicted octanol–water partition coefficient (Wildman–Crippen LogP) is 3.70. The van der Waals surface area contributed by atoms with Crippen LogP contribution in [0.4, 0.5) is 0 Å². The lowest BCUT2D eigenvalue weighted by molar-refractivity contribution is 0.321. The number of aromatic nitrogens is 2. The normalized spacial score (nSPS) is 11.4. The second-order valence-electron chi connectivity index (χ2n) is 4.01. The van der Waals surface area contributed by atoms with Crippen molar-refractivity contribution in [2.45, 2.75) is 16.8 Å². The lowest BCUT2D eigenvalue weighted by atomic mass is 10.3. The molecule has 0 amide bonds. The van der Waals surface area contributed by atoms with Crippen LogP contribution in [0.2, 0.25) is 10.0 Å². The zero-order chi connectivity index (χ0) is 14.9. The second-order valence-corrected chi connectivity index (χ2v) is 5.85. The summed E-state index contributed by atoms with van der Waals surface area (Å²) in [5.74, 6) is -0.0465. The minimum atomic E-state index is -0.0465. The number of halogens is 2. The van der Waals surface area contributed by atoms with Crippen molar-refractivity contribution in [3.8, 4) is 5.75 Å². The van der Waals surface area contributed by atoms with Crippen LogP contribution in [-0.4, -0.2) is 26.3 Å². The van der Waals surface area contributed by atoms with Crippen molar-refractivity contribution in [2.24, 2.45) is 12.2 Å². The molecule has 106 valence electrons. The largest absolute Gasteiger partial charge is 0.506 e. The number of phenolic OH excluding ortho intramolecular Hbond substituents is 1. The van der Waals surface area contributed by atoms with Crippen LogP contribution in [0, 0.1) is 6.92 Å². The summed E-state index contributed by atoms with van der Waals surface area (Å²) in [4.78, 5) is 0.629. The molecule has 0 unspecified atom stereocenters. The van der Waals surface area contributed by atoms with Crippen LogP contribution in [0.15, 0.2) is 27.2 Å². The van der Waals surface area contributed by atoms with Crippen molar-refractivity contribution in [2.75, 3.05) is 0 Å². The molecule has 0 spiro atoms. The van der Waals surface area contributed by atoms with E-state index in [1.807, 2.05) is 6.92 Å². The van der Waals surface area contributed by atoms with Gasteiger partial charge >= 0.3 is 0 Å². The second kappa shape index (κ2) is 5.95. The van der Waals surface area contributed by atoms with Gasteiger partial charge in [-0.1, -0.05) is 40.1 Å². The van der Waals surface area contributed by atoms with Gasteiger partial charge in [-0.2, -0.15) is 5.10 Å². The number of aromatic hydroxyl groups is 1. The molecule has 20 heavy (non-hydrogen) atoms. The molecule has 1 aromatic heterocycles. The zero-order valence-corrected chi connectivity index (χ0v) is 13.0. The molecule has 1 heterocycles. The highest BCUT2D eigenvalue weighted by molar-refractivity contribution is 7.99. The Morgan fingerprint density at radius 2 is 2.05 bits per heavy atom. The smallest absolute Gasteiger partial charge is 0.135 e. The highest BCUT2D eigenvalue weighted by Crippen LogP contribution is 2.40. The first kappa shape index (κ1) is 15.0. The third-order valence-electron chi connectivity index (χ3n) is 2.61. The summed E-state index contributed by atoms with van der Waals surface area (Å²) in [5, 5.41) is 27.0. The van der Waals surface area contributed by atoms with Gasteiger partial charge < -0.3 is 10.3 Å². The Morgan fingerprint density at radius 1 is 1.35 bits per heavy atom. The van der Waals surface area contributed by atoms with Crippen LogP contribution in [0.3, 0.4) is 0 Å². The zero-order valence-electron chi connectivity index (χ0n) is 10.6. The molecule has 0 bridgehead atoms. The fraction of sp³-hybridized carbons (Fsp3) is 0.167. The number of benzene rings is 1. The molecule has 0 aliphatic heterocycles. The summed E-state index contributed by atoms with van der Waals surface area (Å²) >= 11 is 13.2. The fourth-order valence-electron chi connectivity index (χ4n) is 1.68. The molecule has 0 atom stereocenters. The molecule has 2 N–H and O–H groups in total. The standard InChI is InChI=1S/C12H11Cl2N3O2S/c1-6-7(5-15-19)12(17(2)16-6)20-11-4-10(18)8(13)3-9(11)14/h3-5,18-19H,1-2H3/b15-5+. The Morgan fingerprint density at radius 3 is 2.70 bits per heavy atom. The molecule has 8 heteroatoms. The first-order valence-electron chi connectivity index (χ1n) is 5.51. The Balaban J connectivity index is 2.47. The Kier molecular flexibility index (Phi) is 4.47. The predicted molar refractivity (Wildman–Crippen MR) is 79.6 cm³/mol. The number of rotatable bonds is 3. The summed E-state index contributed by atoms with van der Waals surface area (Å²) in [5.41, 5.74) is 1.41. The van der Waals surface area contributed by atoms with Crippen LogP contribution >= 0.6 is 35.0 Å². The third kappa shape index (κ3) is 2.87. The Bertz CT molecular complexity index is 686. The van der Waals surface area contributed by atoms with E-state index in [4.69, 9.17) is 28.4 Å². The SMILES string of the molecule is Cc1nn(C)c(Sc2cc(O)c(Cl)cc2Cl)c1/C=N/O. The van der Waals surface area contributed by atoms with E-state index in [1.54, 1.807) is 11.7 Å². The molecule has 5 nitrogen and oxygen atoms in total. The van der Waals surface area contributed by atoms with E-state index in [2.05, 4.69) is 10.3 Å². The maximum absolute atomic E-state index is 9.66. The first-order valence-corrected chi connectivity index (χ1v) is 7.08. The molecule has 0 saturated carbocycles. The maximum Gasteiger partial charge on any atom is 0.135 e. The Hall–Kier alpha value is -1.37. The van der Waals surface area contributed by atoms with Gasteiger partial charge in [-0.25, -0.2) is 0 Å². The van der Waals surface area contributed by atoms with Gasteiger partial charge in [-0.15, -0.1) is 0 Å².